The number of nitrogens with two attached hydrogens (primary N) is 1. The molecule has 0 bridgehead atoms. The van der Waals surface area contributed by atoms with Crippen LogP contribution in [0.25, 0.3) is 0 Å². The van der Waals surface area contributed by atoms with Crippen LogP contribution >= 0.6 is 0 Å². The number of rotatable bonds is 4. The molecule has 0 saturated carbocycles. The molecule has 1 unspecified atom stereocenters. The fraction of sp³-hybridized carbons (Fsp3) is 0.875. The van der Waals surface area contributed by atoms with Crippen molar-refractivity contribution in [1.82, 2.24) is 0 Å². The van der Waals surface area contributed by atoms with E-state index < -0.39 is 18.1 Å². The number of aliphatic hydroxyl groups is 1. The summed E-state index contributed by atoms with van der Waals surface area (Å²) < 4.78 is 4.90. The predicted molar refractivity (Wildman–Crippen MR) is 45.5 cm³/mol. The number of hydrogen-bond donors (Lipinski definition) is 2. The highest BCUT2D eigenvalue weighted by atomic mass is 16.5. The third-order valence-corrected chi connectivity index (χ3v) is 1.68. The van der Waals surface area contributed by atoms with Gasteiger partial charge in [0.25, 0.3) is 0 Å². The van der Waals surface area contributed by atoms with Crippen molar-refractivity contribution < 1.29 is 14.6 Å². The van der Waals surface area contributed by atoms with E-state index in [4.69, 9.17) is 15.6 Å². The highest BCUT2D eigenvalue weighted by molar-refractivity contribution is 5.76. The molecule has 4 nitrogen and oxygen atoms in total. The zero-order valence-corrected chi connectivity index (χ0v) is 7.78. The van der Waals surface area contributed by atoms with E-state index in [0.29, 0.717) is 0 Å². The number of carbonyl (C=O) groups excluding carboxylic acids is 1. The highest BCUT2D eigenvalue weighted by Crippen LogP contribution is 2.00. The van der Waals surface area contributed by atoms with Crippen LogP contribution in [0, 0.1) is 0 Å². The van der Waals surface area contributed by atoms with Gasteiger partial charge in [0.2, 0.25) is 0 Å². The zero-order valence-electron chi connectivity index (χ0n) is 7.78. The maximum absolute atomic E-state index is 11.0. The Kier molecular flexibility index (Phi) is 4.85. The minimum absolute atomic E-state index is 0.137. The first-order valence-corrected chi connectivity index (χ1v) is 4.13. The Balaban J connectivity index is 3.87. The molecule has 0 aliphatic rings. The molecule has 3 atom stereocenters. The Morgan fingerprint density at radius 1 is 1.58 bits per heavy atom. The van der Waals surface area contributed by atoms with Crippen molar-refractivity contribution >= 4 is 5.97 Å². The lowest BCUT2D eigenvalue weighted by molar-refractivity contribution is -0.152. The average Bonchev–Trinajstić information content (AvgIpc) is 2.02. The second kappa shape index (κ2) is 5.11. The molecule has 0 radical (unpaired) electrons. The fourth-order valence-electron chi connectivity index (χ4n) is 0.557. The maximum atomic E-state index is 11.0. The van der Waals surface area contributed by atoms with Crippen molar-refractivity contribution in [2.24, 2.45) is 5.73 Å². The lowest BCUT2D eigenvalue weighted by Crippen LogP contribution is -2.42. The molecule has 72 valence electrons. The van der Waals surface area contributed by atoms with Gasteiger partial charge in [0.05, 0.1) is 12.2 Å². The number of esters is 1. The van der Waals surface area contributed by atoms with E-state index in [-0.39, 0.29) is 6.10 Å². The summed E-state index contributed by atoms with van der Waals surface area (Å²) in [5.74, 6) is -0.542. The van der Waals surface area contributed by atoms with Crippen LogP contribution in [0.5, 0.6) is 0 Å². The SMILES string of the molecule is CC[C@@H](C)OC(=O)[C@H](N)C(C)O. The molecule has 0 aromatic rings. The number of hydrogen-bond acceptors (Lipinski definition) is 4. The second-order valence-electron chi connectivity index (χ2n) is 2.92. The Morgan fingerprint density at radius 2 is 2.08 bits per heavy atom. The van der Waals surface area contributed by atoms with Gasteiger partial charge in [-0.25, -0.2) is 0 Å². The quantitative estimate of drug-likeness (QED) is 0.591. The first-order valence-electron chi connectivity index (χ1n) is 4.13. The van der Waals surface area contributed by atoms with Crippen LogP contribution in [0.2, 0.25) is 0 Å². The van der Waals surface area contributed by atoms with Gasteiger partial charge in [-0.05, 0) is 20.3 Å². The normalized spacial score (nSPS) is 18.1. The first-order chi connectivity index (χ1) is 5.49. The third-order valence-electron chi connectivity index (χ3n) is 1.68. The molecule has 12 heavy (non-hydrogen) atoms. The molecule has 0 aliphatic heterocycles. The topological polar surface area (TPSA) is 72.5 Å². The van der Waals surface area contributed by atoms with Gasteiger partial charge in [0, 0.05) is 0 Å². The van der Waals surface area contributed by atoms with Crippen molar-refractivity contribution in [2.75, 3.05) is 0 Å². The van der Waals surface area contributed by atoms with Gasteiger partial charge in [-0.2, -0.15) is 0 Å². The summed E-state index contributed by atoms with van der Waals surface area (Å²) in [6.07, 6.45) is -0.248. The lowest BCUT2D eigenvalue weighted by Gasteiger charge is -2.16. The lowest BCUT2D eigenvalue weighted by atomic mass is 10.2. The summed E-state index contributed by atoms with van der Waals surface area (Å²) in [5.41, 5.74) is 5.34. The van der Waals surface area contributed by atoms with Crippen molar-refractivity contribution in [3.05, 3.63) is 0 Å². The molecule has 0 saturated heterocycles. The van der Waals surface area contributed by atoms with E-state index in [1.807, 2.05) is 6.92 Å². The van der Waals surface area contributed by atoms with Crippen LogP contribution < -0.4 is 5.73 Å². The summed E-state index contributed by atoms with van der Waals surface area (Å²) >= 11 is 0. The van der Waals surface area contributed by atoms with Gasteiger partial charge >= 0.3 is 5.97 Å². The smallest absolute Gasteiger partial charge is 0.325 e. The summed E-state index contributed by atoms with van der Waals surface area (Å²) in [6.45, 7) is 5.15. The Morgan fingerprint density at radius 3 is 2.42 bits per heavy atom. The molecule has 0 rings (SSSR count). The Bertz CT molecular complexity index is 147. The third kappa shape index (κ3) is 3.69. The predicted octanol–water partition coefficient (Wildman–Crippen LogP) is 0.0362. The summed E-state index contributed by atoms with van der Waals surface area (Å²) in [4.78, 5) is 11.0. The molecular formula is C8H17NO3. The van der Waals surface area contributed by atoms with Crippen molar-refractivity contribution in [3.63, 3.8) is 0 Å². The largest absolute Gasteiger partial charge is 0.461 e. The Hall–Kier alpha value is -0.610. The number of aliphatic hydroxyl groups excluding tert-OH is 1. The van der Waals surface area contributed by atoms with E-state index in [0.717, 1.165) is 6.42 Å². The van der Waals surface area contributed by atoms with Gasteiger partial charge in [-0.3, -0.25) is 4.79 Å². The molecule has 0 heterocycles. The highest BCUT2D eigenvalue weighted by Gasteiger charge is 2.21. The zero-order chi connectivity index (χ0) is 9.72. The molecule has 4 heteroatoms. The van der Waals surface area contributed by atoms with Crippen LogP contribution in [0.1, 0.15) is 27.2 Å². The van der Waals surface area contributed by atoms with Crippen LogP contribution in [-0.2, 0) is 9.53 Å². The van der Waals surface area contributed by atoms with E-state index >= 15 is 0 Å². The molecule has 3 N–H and O–H groups in total. The van der Waals surface area contributed by atoms with E-state index in [1.54, 1.807) is 6.92 Å². The minimum Gasteiger partial charge on any atom is -0.461 e. The molecule has 0 aromatic heterocycles. The fourth-order valence-corrected chi connectivity index (χ4v) is 0.557. The van der Waals surface area contributed by atoms with Gasteiger partial charge in [0.15, 0.2) is 0 Å². The average molecular weight is 175 g/mol. The van der Waals surface area contributed by atoms with Gasteiger partial charge in [0.1, 0.15) is 6.04 Å². The molecular weight excluding hydrogens is 158 g/mol. The molecule has 0 spiro atoms. The van der Waals surface area contributed by atoms with Gasteiger partial charge in [-0.1, -0.05) is 6.92 Å². The summed E-state index contributed by atoms with van der Waals surface area (Å²) in [7, 11) is 0. The van der Waals surface area contributed by atoms with Crippen LogP contribution in [0.4, 0.5) is 0 Å². The standard InChI is InChI=1S/C8H17NO3/c1-4-5(2)12-8(11)7(9)6(3)10/h5-7,10H,4,9H2,1-3H3/t5-,6?,7-/m1/s1. The van der Waals surface area contributed by atoms with Crippen molar-refractivity contribution in [2.45, 2.75) is 45.4 Å². The number of ether oxygens (including phenoxy) is 1. The van der Waals surface area contributed by atoms with E-state index in [9.17, 15) is 4.79 Å². The van der Waals surface area contributed by atoms with Gasteiger partial charge < -0.3 is 15.6 Å². The molecule has 0 aliphatic carbocycles. The first kappa shape index (κ1) is 11.4. The summed E-state index contributed by atoms with van der Waals surface area (Å²) in [6, 6.07) is -0.931. The van der Waals surface area contributed by atoms with Crippen molar-refractivity contribution in [3.8, 4) is 0 Å². The van der Waals surface area contributed by atoms with Crippen LogP contribution in [-0.4, -0.2) is 29.3 Å². The maximum Gasteiger partial charge on any atom is 0.325 e. The van der Waals surface area contributed by atoms with E-state index in [2.05, 4.69) is 0 Å². The van der Waals surface area contributed by atoms with Crippen LogP contribution in [0.15, 0.2) is 0 Å². The van der Waals surface area contributed by atoms with Crippen LogP contribution in [0.3, 0.4) is 0 Å². The molecule has 0 fully saturated rings. The van der Waals surface area contributed by atoms with Gasteiger partial charge in [-0.15, -0.1) is 0 Å². The van der Waals surface area contributed by atoms with E-state index in [1.165, 1.54) is 6.92 Å². The second-order valence-corrected chi connectivity index (χ2v) is 2.92. The summed E-state index contributed by atoms with van der Waals surface area (Å²) in [5, 5.41) is 8.95. The van der Waals surface area contributed by atoms with Crippen molar-refractivity contribution in [1.29, 1.82) is 0 Å². The molecule has 0 aromatic carbocycles. The Labute approximate surface area is 72.7 Å². The minimum atomic E-state index is -0.931. The monoisotopic (exact) mass is 175 g/mol. The molecule has 0 amide bonds. The number of carbonyl (C=O) groups is 1.